The van der Waals surface area contributed by atoms with Crippen LogP contribution in [0.3, 0.4) is 0 Å². The van der Waals surface area contributed by atoms with E-state index in [0.717, 1.165) is 12.8 Å². The van der Waals surface area contributed by atoms with Crippen LogP contribution < -0.4 is 10.1 Å². The molecule has 0 aliphatic carbocycles. The molecule has 0 radical (unpaired) electrons. The summed E-state index contributed by atoms with van der Waals surface area (Å²) in [6.07, 6.45) is 1.39. The van der Waals surface area contributed by atoms with Crippen molar-refractivity contribution in [1.29, 1.82) is 0 Å². The van der Waals surface area contributed by atoms with E-state index >= 15 is 0 Å². The van der Waals surface area contributed by atoms with Crippen molar-refractivity contribution in [3.63, 3.8) is 0 Å². The molecule has 1 aromatic carbocycles. The maximum absolute atomic E-state index is 11.7. The second-order valence-electron chi connectivity index (χ2n) is 4.66. The largest absolute Gasteiger partial charge is 0.494 e. The first kappa shape index (κ1) is 17.8. The molecule has 1 aromatic rings. The zero-order chi connectivity index (χ0) is 16.2. The van der Waals surface area contributed by atoms with Crippen LogP contribution in [-0.2, 0) is 14.3 Å². The second-order valence-corrected chi connectivity index (χ2v) is 4.66. The molecule has 0 aliphatic rings. The van der Waals surface area contributed by atoms with Crippen LogP contribution >= 0.6 is 0 Å². The van der Waals surface area contributed by atoms with Crippen molar-refractivity contribution >= 4 is 12.1 Å². The Labute approximate surface area is 130 Å². The number of hydrogen-bond acceptors (Lipinski definition) is 5. The molecule has 0 saturated heterocycles. The van der Waals surface area contributed by atoms with Crippen LogP contribution in [0.5, 0.6) is 5.75 Å². The smallest absolute Gasteiger partial charge is 0.407 e. The molecular weight excluding hydrogens is 286 g/mol. The van der Waals surface area contributed by atoms with Gasteiger partial charge in [0.25, 0.3) is 0 Å². The maximum Gasteiger partial charge on any atom is 0.407 e. The minimum absolute atomic E-state index is 0.277. The van der Waals surface area contributed by atoms with Gasteiger partial charge >= 0.3 is 12.1 Å². The first-order chi connectivity index (χ1) is 10.7. The number of hydrogen-bond donors (Lipinski definition) is 1. The molecule has 6 heteroatoms. The van der Waals surface area contributed by atoms with Crippen LogP contribution in [0.1, 0.15) is 26.2 Å². The third kappa shape index (κ3) is 6.97. The number of nitrogens with one attached hydrogen (secondary N) is 1. The van der Waals surface area contributed by atoms with Gasteiger partial charge in [-0.2, -0.15) is 0 Å². The van der Waals surface area contributed by atoms with Gasteiger partial charge < -0.3 is 19.5 Å². The van der Waals surface area contributed by atoms with Crippen molar-refractivity contribution in [2.24, 2.45) is 0 Å². The number of benzene rings is 1. The second kappa shape index (κ2) is 10.5. The van der Waals surface area contributed by atoms with Crippen LogP contribution in [0, 0.1) is 0 Å². The van der Waals surface area contributed by atoms with E-state index in [2.05, 4.69) is 10.1 Å². The fraction of sp³-hybridized carbons (Fsp3) is 0.500. The summed E-state index contributed by atoms with van der Waals surface area (Å²) in [5, 5.41) is 2.50. The number of amides is 1. The van der Waals surface area contributed by atoms with Crippen molar-refractivity contribution in [2.75, 3.05) is 20.3 Å². The summed E-state index contributed by atoms with van der Waals surface area (Å²) in [6, 6.07) is 8.45. The molecule has 122 valence electrons. The monoisotopic (exact) mass is 309 g/mol. The number of alkyl carbamates (subject to hydrolysis) is 1. The highest BCUT2D eigenvalue weighted by Gasteiger charge is 2.22. The lowest BCUT2D eigenvalue weighted by Gasteiger charge is -2.16. The molecular formula is C16H23NO5. The Kier molecular flexibility index (Phi) is 8.49. The van der Waals surface area contributed by atoms with Crippen LogP contribution in [0.2, 0.25) is 0 Å². The van der Waals surface area contributed by atoms with E-state index in [1.54, 1.807) is 0 Å². The Morgan fingerprint density at radius 1 is 1.18 bits per heavy atom. The number of methoxy groups -OCH3 is 1. The molecule has 0 saturated carbocycles. The van der Waals surface area contributed by atoms with Gasteiger partial charge in [0.2, 0.25) is 0 Å². The molecule has 1 amide bonds. The van der Waals surface area contributed by atoms with E-state index in [9.17, 15) is 9.59 Å². The highest BCUT2D eigenvalue weighted by molar-refractivity contribution is 5.81. The van der Waals surface area contributed by atoms with Gasteiger partial charge in [-0.3, -0.25) is 0 Å². The molecule has 0 heterocycles. The number of carbonyl (C=O) groups excluding carboxylic acids is 2. The molecule has 1 N–H and O–H groups in total. The van der Waals surface area contributed by atoms with E-state index in [-0.39, 0.29) is 6.61 Å². The zero-order valence-corrected chi connectivity index (χ0v) is 13.0. The third-order valence-corrected chi connectivity index (χ3v) is 2.93. The quantitative estimate of drug-likeness (QED) is 0.560. The standard InChI is InChI=1S/C16H23NO5/c1-3-4-11-22-16(19)17-14(15(18)20-2)10-12-21-13-8-6-5-7-9-13/h5-9,14H,3-4,10-12H2,1-2H3,(H,17,19). The van der Waals surface area contributed by atoms with Crippen LogP contribution in [0.4, 0.5) is 4.79 Å². The molecule has 0 aromatic heterocycles. The van der Waals surface area contributed by atoms with Crippen molar-refractivity contribution in [2.45, 2.75) is 32.2 Å². The van der Waals surface area contributed by atoms with Crippen molar-refractivity contribution in [3.05, 3.63) is 30.3 Å². The van der Waals surface area contributed by atoms with Crippen LogP contribution in [0.25, 0.3) is 0 Å². The molecule has 0 aliphatic heterocycles. The van der Waals surface area contributed by atoms with E-state index < -0.39 is 18.1 Å². The summed E-state index contributed by atoms with van der Waals surface area (Å²) in [5.41, 5.74) is 0. The van der Waals surface area contributed by atoms with E-state index in [4.69, 9.17) is 9.47 Å². The van der Waals surface area contributed by atoms with Gasteiger partial charge in [0, 0.05) is 6.42 Å². The Hall–Kier alpha value is -2.24. The van der Waals surface area contributed by atoms with Gasteiger partial charge in [0.05, 0.1) is 20.3 Å². The van der Waals surface area contributed by atoms with Gasteiger partial charge in [-0.25, -0.2) is 9.59 Å². The number of ether oxygens (including phenoxy) is 3. The van der Waals surface area contributed by atoms with Gasteiger partial charge in [0.1, 0.15) is 11.8 Å². The Balaban J connectivity index is 2.40. The van der Waals surface area contributed by atoms with Crippen molar-refractivity contribution in [1.82, 2.24) is 5.32 Å². The van der Waals surface area contributed by atoms with Crippen LogP contribution in [0.15, 0.2) is 30.3 Å². The summed E-state index contributed by atoms with van der Waals surface area (Å²) in [6.45, 7) is 2.61. The molecule has 22 heavy (non-hydrogen) atoms. The fourth-order valence-electron chi connectivity index (χ4n) is 1.70. The maximum atomic E-state index is 11.7. The lowest BCUT2D eigenvalue weighted by molar-refractivity contribution is -0.143. The van der Waals surface area contributed by atoms with Gasteiger partial charge in [-0.1, -0.05) is 31.5 Å². The van der Waals surface area contributed by atoms with Crippen LogP contribution in [-0.4, -0.2) is 38.4 Å². The molecule has 0 bridgehead atoms. The zero-order valence-electron chi connectivity index (χ0n) is 13.0. The number of rotatable bonds is 9. The van der Waals surface area contributed by atoms with Crippen molar-refractivity contribution in [3.8, 4) is 5.75 Å². The lowest BCUT2D eigenvalue weighted by Crippen LogP contribution is -2.42. The van der Waals surface area contributed by atoms with Gasteiger partial charge in [-0.05, 0) is 18.6 Å². The fourth-order valence-corrected chi connectivity index (χ4v) is 1.70. The van der Waals surface area contributed by atoms with E-state index in [0.29, 0.717) is 18.8 Å². The third-order valence-electron chi connectivity index (χ3n) is 2.93. The molecule has 1 rings (SSSR count). The van der Waals surface area contributed by atoms with Crippen molar-refractivity contribution < 1.29 is 23.8 Å². The summed E-state index contributed by atoms with van der Waals surface area (Å²) in [4.78, 5) is 23.3. The number of para-hydroxylation sites is 1. The number of unbranched alkanes of at least 4 members (excludes halogenated alkanes) is 1. The predicted molar refractivity (Wildman–Crippen MR) is 81.7 cm³/mol. The topological polar surface area (TPSA) is 73.9 Å². The predicted octanol–water partition coefficient (Wildman–Crippen LogP) is 2.52. The Morgan fingerprint density at radius 3 is 2.55 bits per heavy atom. The average Bonchev–Trinajstić information content (AvgIpc) is 2.54. The summed E-state index contributed by atoms with van der Waals surface area (Å²) in [5.74, 6) is 0.181. The Morgan fingerprint density at radius 2 is 1.91 bits per heavy atom. The normalized spacial score (nSPS) is 11.4. The molecule has 0 spiro atoms. The first-order valence-electron chi connectivity index (χ1n) is 7.36. The van der Waals surface area contributed by atoms with E-state index in [1.165, 1.54) is 7.11 Å². The molecule has 1 atom stereocenters. The Bertz CT molecular complexity index is 449. The summed E-state index contributed by atoms with van der Waals surface area (Å²) >= 11 is 0. The average molecular weight is 309 g/mol. The molecule has 0 fully saturated rings. The number of esters is 1. The van der Waals surface area contributed by atoms with Gasteiger partial charge in [0.15, 0.2) is 0 Å². The highest BCUT2D eigenvalue weighted by atomic mass is 16.6. The first-order valence-corrected chi connectivity index (χ1v) is 7.36. The SMILES string of the molecule is CCCCOC(=O)NC(CCOc1ccccc1)C(=O)OC. The minimum atomic E-state index is -0.789. The minimum Gasteiger partial charge on any atom is -0.494 e. The molecule has 6 nitrogen and oxygen atoms in total. The number of carbonyl (C=O) groups is 2. The summed E-state index contributed by atoms with van der Waals surface area (Å²) in [7, 11) is 1.28. The van der Waals surface area contributed by atoms with E-state index in [1.807, 2.05) is 37.3 Å². The van der Waals surface area contributed by atoms with Gasteiger partial charge in [-0.15, -0.1) is 0 Å². The summed E-state index contributed by atoms with van der Waals surface area (Å²) < 4.78 is 15.2. The molecule has 1 unspecified atom stereocenters. The lowest BCUT2D eigenvalue weighted by atomic mass is 10.2. The highest BCUT2D eigenvalue weighted by Crippen LogP contribution is 2.09.